The molecule has 1 saturated carbocycles. The van der Waals surface area contributed by atoms with E-state index in [1.807, 2.05) is 0 Å². The Labute approximate surface area is 103 Å². The average Bonchev–Trinajstić information content (AvgIpc) is 2.65. The molecule has 0 saturated heterocycles. The lowest BCUT2D eigenvalue weighted by Crippen LogP contribution is -2.45. The summed E-state index contributed by atoms with van der Waals surface area (Å²) in [5.74, 6) is -1.23. The van der Waals surface area contributed by atoms with Gasteiger partial charge in [-0.1, -0.05) is 12.1 Å². The van der Waals surface area contributed by atoms with Crippen molar-refractivity contribution in [2.45, 2.75) is 34.9 Å². The number of benzene rings is 1. The van der Waals surface area contributed by atoms with Gasteiger partial charge in [0.25, 0.3) is 0 Å². The van der Waals surface area contributed by atoms with Crippen molar-refractivity contribution in [2.24, 2.45) is 5.73 Å². The van der Waals surface area contributed by atoms with Crippen molar-refractivity contribution < 1.29 is 14.3 Å². The van der Waals surface area contributed by atoms with Crippen LogP contribution in [0.3, 0.4) is 0 Å². The smallest absolute Gasteiger partial charge is 0.323 e. The highest BCUT2D eigenvalue weighted by atomic mass is 32.2. The number of thioether (sulfide) groups is 1. The number of nitrogens with two attached hydrogens (primary N) is 1. The highest BCUT2D eigenvalue weighted by Crippen LogP contribution is 2.39. The van der Waals surface area contributed by atoms with E-state index in [1.54, 1.807) is 18.2 Å². The van der Waals surface area contributed by atoms with E-state index in [9.17, 15) is 9.18 Å². The summed E-state index contributed by atoms with van der Waals surface area (Å²) in [5.41, 5.74) is 4.64. The summed E-state index contributed by atoms with van der Waals surface area (Å²) in [6.07, 6.45) is 1.55. The van der Waals surface area contributed by atoms with Crippen LogP contribution in [0.2, 0.25) is 0 Å². The van der Waals surface area contributed by atoms with Crippen molar-refractivity contribution in [3.05, 3.63) is 30.1 Å². The third-order valence-corrected chi connectivity index (χ3v) is 4.38. The number of rotatable bonds is 3. The highest BCUT2D eigenvalue weighted by molar-refractivity contribution is 8.00. The van der Waals surface area contributed by atoms with Crippen LogP contribution in [0.1, 0.15) is 19.3 Å². The minimum absolute atomic E-state index is 0.0769. The Morgan fingerprint density at radius 2 is 2.24 bits per heavy atom. The second-order valence-electron chi connectivity index (χ2n) is 4.37. The van der Waals surface area contributed by atoms with Crippen LogP contribution in [0.5, 0.6) is 0 Å². The van der Waals surface area contributed by atoms with Crippen LogP contribution in [0.4, 0.5) is 4.39 Å². The molecule has 3 nitrogen and oxygen atoms in total. The molecular formula is C12H14FNO2S. The van der Waals surface area contributed by atoms with E-state index >= 15 is 0 Å². The van der Waals surface area contributed by atoms with Gasteiger partial charge in [-0.25, -0.2) is 4.39 Å². The predicted molar refractivity (Wildman–Crippen MR) is 64.5 cm³/mol. The molecular weight excluding hydrogens is 241 g/mol. The fourth-order valence-corrected chi connectivity index (χ4v) is 3.36. The summed E-state index contributed by atoms with van der Waals surface area (Å²) >= 11 is 1.38. The number of carboxylic acids is 1. The molecule has 2 unspecified atom stereocenters. The van der Waals surface area contributed by atoms with Crippen LogP contribution >= 0.6 is 11.8 Å². The molecule has 0 bridgehead atoms. The number of halogens is 1. The first-order valence-corrected chi connectivity index (χ1v) is 6.33. The predicted octanol–water partition coefficient (Wildman–Crippen LogP) is 2.25. The van der Waals surface area contributed by atoms with E-state index in [4.69, 9.17) is 10.8 Å². The first kappa shape index (κ1) is 12.4. The standard InChI is InChI=1S/C12H14FNO2S/c13-9-3-1-2-4-10(9)17-8-5-6-12(14,7-8)11(15)16/h1-4,8H,5-7,14H2,(H,15,16). The minimum Gasteiger partial charge on any atom is -0.480 e. The zero-order valence-corrected chi connectivity index (χ0v) is 10.0. The van der Waals surface area contributed by atoms with E-state index in [0.717, 1.165) is 0 Å². The maximum atomic E-state index is 13.4. The molecule has 1 aromatic rings. The number of aliphatic carboxylic acids is 1. The molecule has 0 radical (unpaired) electrons. The summed E-state index contributed by atoms with van der Waals surface area (Å²) in [7, 11) is 0. The Hall–Kier alpha value is -1.07. The second-order valence-corrected chi connectivity index (χ2v) is 5.72. The van der Waals surface area contributed by atoms with Gasteiger partial charge in [-0.3, -0.25) is 4.79 Å². The molecule has 0 heterocycles. The van der Waals surface area contributed by atoms with E-state index in [2.05, 4.69) is 0 Å². The normalized spacial score (nSPS) is 28.2. The molecule has 2 atom stereocenters. The van der Waals surface area contributed by atoms with Crippen molar-refractivity contribution in [2.75, 3.05) is 0 Å². The van der Waals surface area contributed by atoms with Gasteiger partial charge in [0.2, 0.25) is 0 Å². The van der Waals surface area contributed by atoms with Crippen LogP contribution in [0.25, 0.3) is 0 Å². The molecule has 5 heteroatoms. The van der Waals surface area contributed by atoms with Crippen LogP contribution in [-0.2, 0) is 4.79 Å². The average molecular weight is 255 g/mol. The van der Waals surface area contributed by atoms with Gasteiger partial charge in [0.1, 0.15) is 11.4 Å². The minimum atomic E-state index is -1.14. The van der Waals surface area contributed by atoms with E-state index in [0.29, 0.717) is 24.2 Å². The number of hydrogen-bond acceptors (Lipinski definition) is 3. The molecule has 0 aromatic heterocycles. The summed E-state index contributed by atoms with van der Waals surface area (Å²) in [4.78, 5) is 11.5. The summed E-state index contributed by atoms with van der Waals surface area (Å²) in [6, 6.07) is 6.52. The molecule has 17 heavy (non-hydrogen) atoms. The zero-order chi connectivity index (χ0) is 12.5. The largest absolute Gasteiger partial charge is 0.480 e. The van der Waals surface area contributed by atoms with Gasteiger partial charge in [0, 0.05) is 10.1 Å². The lowest BCUT2D eigenvalue weighted by Gasteiger charge is -2.18. The second kappa shape index (κ2) is 4.66. The van der Waals surface area contributed by atoms with Crippen LogP contribution in [0, 0.1) is 5.82 Å². The van der Waals surface area contributed by atoms with Gasteiger partial charge in [0.05, 0.1) is 0 Å². The van der Waals surface area contributed by atoms with Crippen molar-refractivity contribution in [1.29, 1.82) is 0 Å². The van der Waals surface area contributed by atoms with Gasteiger partial charge in [-0.15, -0.1) is 11.8 Å². The Balaban J connectivity index is 2.04. The van der Waals surface area contributed by atoms with Gasteiger partial charge in [-0.05, 0) is 31.4 Å². The van der Waals surface area contributed by atoms with Gasteiger partial charge < -0.3 is 10.8 Å². The SMILES string of the molecule is NC1(C(=O)O)CCC(Sc2ccccc2F)C1. The van der Waals surface area contributed by atoms with E-state index in [1.165, 1.54) is 17.8 Å². The topological polar surface area (TPSA) is 63.3 Å². The quantitative estimate of drug-likeness (QED) is 0.869. The van der Waals surface area contributed by atoms with Crippen LogP contribution < -0.4 is 5.73 Å². The Morgan fingerprint density at radius 1 is 1.53 bits per heavy atom. The Morgan fingerprint density at radius 3 is 2.82 bits per heavy atom. The molecule has 1 aliphatic carbocycles. The molecule has 0 aliphatic heterocycles. The first-order chi connectivity index (χ1) is 8.01. The molecule has 0 spiro atoms. The van der Waals surface area contributed by atoms with Crippen molar-refractivity contribution in [3.8, 4) is 0 Å². The first-order valence-electron chi connectivity index (χ1n) is 5.45. The van der Waals surface area contributed by atoms with E-state index in [-0.39, 0.29) is 11.1 Å². The maximum absolute atomic E-state index is 13.4. The van der Waals surface area contributed by atoms with Crippen molar-refractivity contribution in [1.82, 2.24) is 0 Å². The molecule has 1 aromatic carbocycles. The summed E-state index contributed by atoms with van der Waals surface area (Å²) in [6.45, 7) is 0. The van der Waals surface area contributed by atoms with Crippen molar-refractivity contribution >= 4 is 17.7 Å². The van der Waals surface area contributed by atoms with Gasteiger partial charge >= 0.3 is 5.97 Å². The van der Waals surface area contributed by atoms with Crippen molar-refractivity contribution in [3.63, 3.8) is 0 Å². The number of hydrogen-bond donors (Lipinski definition) is 2. The van der Waals surface area contributed by atoms with Crippen LogP contribution in [-0.4, -0.2) is 21.9 Å². The third kappa shape index (κ3) is 2.61. The van der Waals surface area contributed by atoms with Gasteiger partial charge in [0.15, 0.2) is 0 Å². The third-order valence-electron chi connectivity index (χ3n) is 3.06. The fraction of sp³-hybridized carbons (Fsp3) is 0.417. The number of carbonyl (C=O) groups is 1. The number of carboxylic acid groups (broad SMARTS) is 1. The van der Waals surface area contributed by atoms with E-state index < -0.39 is 11.5 Å². The lowest BCUT2D eigenvalue weighted by molar-refractivity contribution is -0.143. The lowest BCUT2D eigenvalue weighted by atomic mass is 10.0. The highest BCUT2D eigenvalue weighted by Gasteiger charge is 2.42. The summed E-state index contributed by atoms with van der Waals surface area (Å²) in [5, 5.41) is 9.08. The maximum Gasteiger partial charge on any atom is 0.323 e. The Bertz CT molecular complexity index is 440. The van der Waals surface area contributed by atoms with Crippen LogP contribution in [0.15, 0.2) is 29.2 Å². The molecule has 3 N–H and O–H groups in total. The molecule has 2 rings (SSSR count). The molecule has 0 amide bonds. The Kier molecular flexibility index (Phi) is 3.40. The molecule has 1 fully saturated rings. The summed E-state index contributed by atoms with van der Waals surface area (Å²) < 4.78 is 13.4. The zero-order valence-electron chi connectivity index (χ0n) is 9.23. The molecule has 1 aliphatic rings. The molecule has 92 valence electrons. The van der Waals surface area contributed by atoms with Gasteiger partial charge in [-0.2, -0.15) is 0 Å². The monoisotopic (exact) mass is 255 g/mol. The fourth-order valence-electron chi connectivity index (χ4n) is 2.04.